The summed E-state index contributed by atoms with van der Waals surface area (Å²) in [6.45, 7) is 13.2. The Morgan fingerprint density at radius 2 is 1.60 bits per heavy atom. The zero-order chi connectivity index (χ0) is 18.1. The summed E-state index contributed by atoms with van der Waals surface area (Å²) < 4.78 is 17.9. The Kier molecular flexibility index (Phi) is 7.86. The second kappa shape index (κ2) is 9.89. The van der Waals surface area contributed by atoms with Crippen LogP contribution < -0.4 is 9.47 Å². The third-order valence-corrected chi connectivity index (χ3v) is 4.36. The number of benzene rings is 1. The Bertz CT molecular complexity index is 566. The monoisotopic (exact) mass is 344 g/mol. The van der Waals surface area contributed by atoms with Gasteiger partial charge in [-0.15, -0.1) is 0 Å². The van der Waals surface area contributed by atoms with Crippen molar-refractivity contribution in [2.75, 3.05) is 19.8 Å². The summed E-state index contributed by atoms with van der Waals surface area (Å²) >= 11 is 0. The van der Waals surface area contributed by atoms with Gasteiger partial charge >= 0.3 is 153 Å². The molecule has 3 nitrogen and oxygen atoms in total. The molecule has 0 spiro atoms. The van der Waals surface area contributed by atoms with E-state index in [1.165, 1.54) is 25.7 Å². The Labute approximate surface area is 154 Å². The molecule has 1 aliphatic rings. The second-order valence-corrected chi connectivity index (χ2v) is 7.56. The summed E-state index contributed by atoms with van der Waals surface area (Å²) in [5.41, 5.74) is 2.01. The van der Waals surface area contributed by atoms with E-state index in [4.69, 9.17) is 14.2 Å². The number of rotatable bonds is 11. The average Bonchev–Trinajstić information content (AvgIpc) is 2.96. The van der Waals surface area contributed by atoms with Gasteiger partial charge in [0.2, 0.25) is 0 Å². The van der Waals surface area contributed by atoms with Gasteiger partial charge < -0.3 is 0 Å². The van der Waals surface area contributed by atoms with E-state index in [2.05, 4.69) is 46.7 Å². The van der Waals surface area contributed by atoms with Crippen molar-refractivity contribution in [1.29, 1.82) is 0 Å². The quantitative estimate of drug-likeness (QED) is 0.406. The average molecular weight is 344 g/mol. The van der Waals surface area contributed by atoms with Gasteiger partial charge in [0.15, 0.2) is 0 Å². The van der Waals surface area contributed by atoms with Crippen molar-refractivity contribution in [1.82, 2.24) is 0 Å². The van der Waals surface area contributed by atoms with Crippen molar-refractivity contribution in [3.05, 3.63) is 23.8 Å². The van der Waals surface area contributed by atoms with Gasteiger partial charge in [-0.1, -0.05) is 0 Å². The predicted octanol–water partition coefficient (Wildman–Crippen LogP) is 5.24. The first kappa shape index (κ1) is 19.9. The van der Waals surface area contributed by atoms with Gasteiger partial charge in [-0.25, -0.2) is 0 Å². The molecule has 1 aliphatic heterocycles. The van der Waals surface area contributed by atoms with E-state index < -0.39 is 0 Å². The molecule has 0 aliphatic carbocycles. The number of hydrogen-bond donors (Lipinski definition) is 0. The van der Waals surface area contributed by atoms with E-state index in [1.807, 2.05) is 6.07 Å². The van der Waals surface area contributed by atoms with E-state index in [-0.39, 0.29) is 5.31 Å². The van der Waals surface area contributed by atoms with E-state index in [1.54, 1.807) is 0 Å². The molecular formula is C21H33BO3. The third-order valence-electron chi connectivity index (χ3n) is 4.36. The van der Waals surface area contributed by atoms with Crippen LogP contribution in [-0.2, 0) is 4.74 Å². The first-order valence-corrected chi connectivity index (χ1v) is 9.81. The Balaban J connectivity index is 2.09. The summed E-state index contributed by atoms with van der Waals surface area (Å²) in [5.74, 6) is 1.67. The molecular weight excluding hydrogens is 311 g/mol. The van der Waals surface area contributed by atoms with Crippen LogP contribution in [0.25, 0.3) is 0 Å². The molecule has 0 unspecified atom stereocenters. The fraction of sp³-hybridized carbons (Fsp3) is 0.667. The normalized spacial score (nSPS) is 15.3. The van der Waals surface area contributed by atoms with Crippen molar-refractivity contribution in [2.24, 2.45) is 0 Å². The zero-order valence-corrected chi connectivity index (χ0v) is 16.4. The fourth-order valence-corrected chi connectivity index (χ4v) is 2.83. The van der Waals surface area contributed by atoms with Crippen LogP contribution in [0.2, 0.25) is 5.31 Å². The first-order valence-electron chi connectivity index (χ1n) is 9.81. The second-order valence-electron chi connectivity index (χ2n) is 7.56. The van der Waals surface area contributed by atoms with Crippen LogP contribution in [0.3, 0.4) is 0 Å². The van der Waals surface area contributed by atoms with E-state index in [0.29, 0.717) is 0 Å². The van der Waals surface area contributed by atoms with Crippen LogP contribution in [0, 0.1) is 0 Å². The molecule has 0 aromatic heterocycles. The third kappa shape index (κ3) is 6.41. The van der Waals surface area contributed by atoms with Crippen LogP contribution in [0.1, 0.15) is 71.8 Å². The van der Waals surface area contributed by atoms with Crippen molar-refractivity contribution >= 4 is 12.6 Å². The Hall–Kier alpha value is -1.45. The molecule has 138 valence electrons. The molecule has 2 rings (SSSR count). The van der Waals surface area contributed by atoms with Crippen LogP contribution in [0.5, 0.6) is 11.5 Å². The van der Waals surface area contributed by atoms with Crippen molar-refractivity contribution in [2.45, 2.75) is 71.5 Å². The summed E-state index contributed by atoms with van der Waals surface area (Å²) in [7, 11) is 0. The molecule has 0 N–H and O–H groups in total. The van der Waals surface area contributed by atoms with Crippen molar-refractivity contribution in [3.63, 3.8) is 0 Å². The van der Waals surface area contributed by atoms with Gasteiger partial charge in [0.25, 0.3) is 0 Å². The van der Waals surface area contributed by atoms with Gasteiger partial charge in [-0.2, -0.15) is 0 Å². The minimum atomic E-state index is 0.0901. The molecule has 0 amide bonds. The molecule has 1 aromatic carbocycles. The molecule has 1 heterocycles. The number of ether oxygens (including phenoxy) is 3. The summed E-state index contributed by atoms with van der Waals surface area (Å²) in [6.07, 6.45) is 6.93. The number of hydrogen-bond acceptors (Lipinski definition) is 3. The topological polar surface area (TPSA) is 27.7 Å². The van der Waals surface area contributed by atoms with Gasteiger partial charge in [0.1, 0.15) is 0 Å². The first-order chi connectivity index (χ1) is 12.1. The molecule has 0 saturated carbocycles. The maximum atomic E-state index is 6.04. The number of unbranched alkanes of at least 4 members (excludes halogenated alkanes) is 4. The van der Waals surface area contributed by atoms with Gasteiger partial charge in [-0.05, 0) is 0 Å². The minimum absolute atomic E-state index is 0.0901. The van der Waals surface area contributed by atoms with Crippen LogP contribution in [0.15, 0.2) is 18.2 Å². The molecule has 25 heavy (non-hydrogen) atoms. The summed E-state index contributed by atoms with van der Waals surface area (Å²) in [6, 6.07) is 6.15. The Morgan fingerprint density at radius 1 is 0.960 bits per heavy atom. The summed E-state index contributed by atoms with van der Waals surface area (Å²) in [5, 5.41) is 0.0901. The van der Waals surface area contributed by atoms with E-state index in [0.717, 1.165) is 55.4 Å². The molecule has 0 atom stereocenters. The molecule has 0 fully saturated rings. The van der Waals surface area contributed by atoms with Gasteiger partial charge in [-0.3, -0.25) is 0 Å². The zero-order valence-electron chi connectivity index (χ0n) is 16.4. The van der Waals surface area contributed by atoms with Crippen LogP contribution in [-0.4, -0.2) is 32.4 Å². The maximum absolute atomic E-state index is 6.04. The SMILES string of the molecule is CCCCCOc1ccc(C2=BC(C)(C)CO2)cc1OCCCCC. The summed E-state index contributed by atoms with van der Waals surface area (Å²) in [4.78, 5) is 0. The standard InChI is InChI=1S/C21H33BO3/c1-5-7-9-13-23-18-12-11-17(20-22-21(3,4)16-25-20)15-19(18)24-14-10-8-6-2/h11-12,15H,5-10,13-14,16H2,1-4H3. The molecule has 0 bridgehead atoms. The van der Waals surface area contributed by atoms with Crippen molar-refractivity contribution in [3.8, 4) is 11.5 Å². The van der Waals surface area contributed by atoms with E-state index in [9.17, 15) is 0 Å². The van der Waals surface area contributed by atoms with E-state index >= 15 is 0 Å². The molecule has 4 heteroatoms. The fourth-order valence-electron chi connectivity index (χ4n) is 2.83. The predicted molar refractivity (Wildman–Crippen MR) is 106 cm³/mol. The molecule has 0 saturated heterocycles. The van der Waals surface area contributed by atoms with Crippen LogP contribution >= 0.6 is 0 Å². The van der Waals surface area contributed by atoms with Crippen molar-refractivity contribution < 1.29 is 14.2 Å². The van der Waals surface area contributed by atoms with Crippen LogP contribution in [0.4, 0.5) is 0 Å². The van der Waals surface area contributed by atoms with Gasteiger partial charge in [0, 0.05) is 0 Å². The van der Waals surface area contributed by atoms with Gasteiger partial charge in [0.05, 0.1) is 0 Å². The molecule has 1 aromatic rings. The Morgan fingerprint density at radius 3 is 2.16 bits per heavy atom. The molecule has 0 radical (unpaired) electrons.